The molecule has 0 radical (unpaired) electrons. The molecule has 1 atom stereocenters. The Morgan fingerprint density at radius 1 is 1.53 bits per heavy atom. The second-order valence-corrected chi connectivity index (χ2v) is 4.23. The first-order valence-electron chi connectivity index (χ1n) is 5.30. The van der Waals surface area contributed by atoms with Crippen LogP contribution in [0.15, 0.2) is 29.4 Å². The van der Waals surface area contributed by atoms with Gasteiger partial charge in [-0.2, -0.15) is 5.10 Å². The summed E-state index contributed by atoms with van der Waals surface area (Å²) in [6.07, 6.45) is 0.881. The van der Waals surface area contributed by atoms with Gasteiger partial charge in [0.25, 0.3) is 0 Å². The van der Waals surface area contributed by atoms with Crippen LogP contribution < -0.4 is 5.73 Å². The van der Waals surface area contributed by atoms with E-state index in [4.69, 9.17) is 5.73 Å². The van der Waals surface area contributed by atoms with Crippen molar-refractivity contribution in [2.24, 2.45) is 10.8 Å². The molecule has 1 unspecified atom stereocenters. The molecule has 1 aliphatic rings. The Morgan fingerprint density at radius 3 is 2.93 bits per heavy atom. The Morgan fingerprint density at radius 2 is 2.33 bits per heavy atom. The highest BCUT2D eigenvalue weighted by atomic mass is 15.5. The Kier molecular flexibility index (Phi) is 2.62. The maximum Gasteiger partial charge on any atom is 0.121 e. The van der Waals surface area contributed by atoms with E-state index in [2.05, 4.69) is 48.2 Å². The molecule has 0 saturated heterocycles. The predicted molar refractivity (Wildman–Crippen MR) is 62.4 cm³/mol. The maximum absolute atomic E-state index is 5.71. The van der Waals surface area contributed by atoms with E-state index in [0.717, 1.165) is 18.8 Å². The average Bonchev–Trinajstić information content (AvgIpc) is 2.45. The molecule has 1 aliphatic heterocycles. The first-order valence-corrected chi connectivity index (χ1v) is 5.30. The molecule has 2 N–H and O–H groups in total. The first kappa shape index (κ1) is 10.0. The van der Waals surface area contributed by atoms with Crippen LogP contribution in [0.2, 0.25) is 0 Å². The summed E-state index contributed by atoms with van der Waals surface area (Å²) in [4.78, 5) is 0. The zero-order valence-electron chi connectivity index (χ0n) is 9.27. The molecule has 0 aromatic heterocycles. The highest BCUT2D eigenvalue weighted by molar-refractivity contribution is 5.81. The van der Waals surface area contributed by atoms with Crippen molar-refractivity contribution in [2.45, 2.75) is 32.9 Å². The van der Waals surface area contributed by atoms with Crippen LogP contribution in [0.4, 0.5) is 0 Å². The minimum absolute atomic E-state index is 0.422. The van der Waals surface area contributed by atoms with Crippen molar-refractivity contribution >= 4 is 5.84 Å². The molecule has 1 heterocycles. The van der Waals surface area contributed by atoms with Gasteiger partial charge in [-0.05, 0) is 19.4 Å². The SMILES string of the molecule is Cc1cccc(CN2N=C(N)CC2C)c1. The van der Waals surface area contributed by atoms with Crippen molar-refractivity contribution in [3.05, 3.63) is 35.4 Å². The lowest BCUT2D eigenvalue weighted by molar-refractivity contribution is 0.236. The molecule has 3 heteroatoms. The lowest BCUT2D eigenvalue weighted by Gasteiger charge is -2.19. The van der Waals surface area contributed by atoms with E-state index in [1.807, 2.05) is 0 Å². The molecule has 1 aromatic carbocycles. The smallest absolute Gasteiger partial charge is 0.121 e. The Labute approximate surface area is 90.6 Å². The van der Waals surface area contributed by atoms with Gasteiger partial charge in [0.2, 0.25) is 0 Å². The lowest BCUT2D eigenvalue weighted by atomic mass is 10.1. The highest BCUT2D eigenvalue weighted by Gasteiger charge is 2.20. The standard InChI is InChI=1S/C12H17N3/c1-9-4-3-5-11(6-9)8-15-10(2)7-12(13)14-15/h3-6,10H,7-8H2,1-2H3,(H2,13,14). The summed E-state index contributed by atoms with van der Waals surface area (Å²) in [5, 5.41) is 6.38. The van der Waals surface area contributed by atoms with Gasteiger partial charge in [0.05, 0.1) is 12.6 Å². The van der Waals surface area contributed by atoms with Gasteiger partial charge in [0.1, 0.15) is 5.84 Å². The fraction of sp³-hybridized carbons (Fsp3) is 0.417. The van der Waals surface area contributed by atoms with Crippen molar-refractivity contribution < 1.29 is 0 Å². The summed E-state index contributed by atoms with van der Waals surface area (Å²) in [6.45, 7) is 5.11. The number of hydrazone groups is 1. The van der Waals surface area contributed by atoms with Crippen molar-refractivity contribution in [2.75, 3.05) is 0 Å². The minimum atomic E-state index is 0.422. The topological polar surface area (TPSA) is 41.6 Å². The largest absolute Gasteiger partial charge is 0.386 e. The van der Waals surface area contributed by atoms with Gasteiger partial charge in [0.15, 0.2) is 0 Å². The fourth-order valence-corrected chi connectivity index (χ4v) is 1.90. The van der Waals surface area contributed by atoms with Crippen LogP contribution in [0.5, 0.6) is 0 Å². The molecule has 0 bridgehead atoms. The summed E-state index contributed by atoms with van der Waals surface area (Å²) in [6, 6.07) is 8.93. The summed E-state index contributed by atoms with van der Waals surface area (Å²) >= 11 is 0. The van der Waals surface area contributed by atoms with E-state index in [9.17, 15) is 0 Å². The van der Waals surface area contributed by atoms with Crippen molar-refractivity contribution in [3.63, 3.8) is 0 Å². The number of nitrogens with zero attached hydrogens (tertiary/aromatic N) is 2. The molecule has 15 heavy (non-hydrogen) atoms. The van der Waals surface area contributed by atoms with Gasteiger partial charge >= 0.3 is 0 Å². The van der Waals surface area contributed by atoms with Crippen LogP contribution in [-0.4, -0.2) is 16.9 Å². The Bertz CT molecular complexity index is 384. The normalized spacial score (nSPS) is 20.5. The third-order valence-electron chi connectivity index (χ3n) is 2.70. The molecule has 0 amide bonds. The van der Waals surface area contributed by atoms with E-state index in [0.29, 0.717) is 6.04 Å². The molecular weight excluding hydrogens is 186 g/mol. The van der Waals surface area contributed by atoms with Crippen LogP contribution in [0.3, 0.4) is 0 Å². The van der Waals surface area contributed by atoms with Gasteiger partial charge in [-0.3, -0.25) is 5.01 Å². The lowest BCUT2D eigenvalue weighted by Crippen LogP contribution is -2.23. The number of hydrogen-bond donors (Lipinski definition) is 1. The quantitative estimate of drug-likeness (QED) is 0.797. The minimum Gasteiger partial charge on any atom is -0.386 e. The number of amidine groups is 1. The molecule has 1 aromatic rings. The second-order valence-electron chi connectivity index (χ2n) is 4.23. The van der Waals surface area contributed by atoms with Gasteiger partial charge in [-0.25, -0.2) is 0 Å². The van der Waals surface area contributed by atoms with Gasteiger partial charge in [-0.15, -0.1) is 0 Å². The van der Waals surface area contributed by atoms with E-state index in [1.54, 1.807) is 0 Å². The molecule has 80 valence electrons. The summed E-state index contributed by atoms with van der Waals surface area (Å²) in [5.74, 6) is 0.746. The molecular formula is C12H17N3. The number of rotatable bonds is 2. The average molecular weight is 203 g/mol. The number of benzene rings is 1. The third-order valence-corrected chi connectivity index (χ3v) is 2.70. The van der Waals surface area contributed by atoms with Gasteiger partial charge < -0.3 is 5.73 Å². The monoisotopic (exact) mass is 203 g/mol. The van der Waals surface area contributed by atoms with E-state index in [1.165, 1.54) is 11.1 Å². The second kappa shape index (κ2) is 3.93. The predicted octanol–water partition coefficient (Wildman–Crippen LogP) is 1.86. The molecule has 0 fully saturated rings. The van der Waals surface area contributed by atoms with Crippen LogP contribution >= 0.6 is 0 Å². The van der Waals surface area contributed by atoms with Crippen LogP contribution in [0.25, 0.3) is 0 Å². The van der Waals surface area contributed by atoms with E-state index < -0.39 is 0 Å². The zero-order valence-corrected chi connectivity index (χ0v) is 9.27. The first-order chi connectivity index (χ1) is 7.15. The maximum atomic E-state index is 5.71. The summed E-state index contributed by atoms with van der Waals surface area (Å²) < 4.78 is 0. The van der Waals surface area contributed by atoms with Crippen molar-refractivity contribution in [3.8, 4) is 0 Å². The molecule has 0 spiro atoms. The summed E-state index contributed by atoms with van der Waals surface area (Å²) in [7, 11) is 0. The Hall–Kier alpha value is -1.51. The van der Waals surface area contributed by atoms with E-state index >= 15 is 0 Å². The van der Waals surface area contributed by atoms with Crippen molar-refractivity contribution in [1.82, 2.24) is 5.01 Å². The zero-order chi connectivity index (χ0) is 10.8. The fourth-order valence-electron chi connectivity index (χ4n) is 1.90. The third kappa shape index (κ3) is 2.29. The van der Waals surface area contributed by atoms with Crippen LogP contribution in [0.1, 0.15) is 24.5 Å². The van der Waals surface area contributed by atoms with Crippen molar-refractivity contribution in [1.29, 1.82) is 0 Å². The van der Waals surface area contributed by atoms with Crippen LogP contribution in [-0.2, 0) is 6.54 Å². The van der Waals surface area contributed by atoms with Gasteiger partial charge in [-0.1, -0.05) is 29.8 Å². The Balaban J connectivity index is 2.09. The van der Waals surface area contributed by atoms with Crippen LogP contribution in [0, 0.1) is 6.92 Å². The summed E-state index contributed by atoms with van der Waals surface area (Å²) in [5.41, 5.74) is 8.29. The van der Waals surface area contributed by atoms with E-state index in [-0.39, 0.29) is 0 Å². The molecule has 0 saturated carbocycles. The number of hydrogen-bond acceptors (Lipinski definition) is 3. The highest BCUT2D eigenvalue weighted by Crippen LogP contribution is 2.17. The number of nitrogens with two attached hydrogens (primary N) is 1. The molecule has 2 rings (SSSR count). The van der Waals surface area contributed by atoms with Gasteiger partial charge in [0, 0.05) is 6.42 Å². The number of aryl methyl sites for hydroxylation is 1. The molecule has 0 aliphatic carbocycles. The molecule has 3 nitrogen and oxygen atoms in total.